The Morgan fingerprint density at radius 1 is 1.17 bits per heavy atom. The van der Waals surface area contributed by atoms with Crippen LogP contribution in [0.3, 0.4) is 0 Å². The van der Waals surface area contributed by atoms with Crippen LogP contribution in [0.5, 0.6) is 0 Å². The molecular weight excluding hydrogens is 382 g/mol. The van der Waals surface area contributed by atoms with Gasteiger partial charge in [-0.2, -0.15) is 0 Å². The molecule has 0 bridgehead atoms. The maximum Gasteiger partial charge on any atom is 0.251 e. The number of amidine groups is 1. The van der Waals surface area contributed by atoms with Crippen LogP contribution in [0.25, 0.3) is 0 Å². The Hall–Kier alpha value is -3.29. The normalized spacial score (nSPS) is 23.1. The number of dihydropyridines is 2. The molecule has 2 N–H and O–H groups in total. The van der Waals surface area contributed by atoms with Gasteiger partial charge >= 0.3 is 0 Å². The fraction of sp³-hybridized carbons (Fsp3) is 0.409. The summed E-state index contributed by atoms with van der Waals surface area (Å²) in [5, 5.41) is 5.74. The number of carbonyl (C=O) groups is 2. The molecule has 0 saturated heterocycles. The monoisotopic (exact) mass is 407 g/mol. The number of anilines is 1. The van der Waals surface area contributed by atoms with Gasteiger partial charge in [0.2, 0.25) is 11.8 Å². The number of rotatable bonds is 4. The number of amides is 2. The highest BCUT2D eigenvalue weighted by molar-refractivity contribution is 6.12. The van der Waals surface area contributed by atoms with Crippen molar-refractivity contribution in [3.8, 4) is 0 Å². The van der Waals surface area contributed by atoms with Crippen molar-refractivity contribution in [2.45, 2.75) is 44.7 Å². The van der Waals surface area contributed by atoms with Crippen molar-refractivity contribution in [3.05, 3.63) is 47.8 Å². The lowest BCUT2D eigenvalue weighted by atomic mass is 10.0. The first-order chi connectivity index (χ1) is 14.5. The first-order valence-electron chi connectivity index (χ1n) is 10.2. The molecule has 1 aromatic heterocycles. The van der Waals surface area contributed by atoms with Gasteiger partial charge in [-0.1, -0.05) is 6.08 Å². The maximum absolute atomic E-state index is 12.8. The number of pyridine rings is 1. The Labute approximate surface area is 175 Å². The second-order valence-corrected chi connectivity index (χ2v) is 7.79. The first-order valence-corrected chi connectivity index (χ1v) is 10.2. The third-order valence-corrected chi connectivity index (χ3v) is 5.19. The quantitative estimate of drug-likeness (QED) is 0.800. The average Bonchev–Trinajstić information content (AvgIpc) is 3.59. The minimum atomic E-state index is -0.224. The second-order valence-electron chi connectivity index (χ2n) is 7.79. The summed E-state index contributed by atoms with van der Waals surface area (Å²) in [6.45, 7) is 1.92. The van der Waals surface area contributed by atoms with Gasteiger partial charge in [0.25, 0.3) is 5.91 Å². The smallest absolute Gasteiger partial charge is 0.251 e. The van der Waals surface area contributed by atoms with E-state index in [9.17, 15) is 9.59 Å². The van der Waals surface area contributed by atoms with E-state index in [0.29, 0.717) is 29.4 Å². The van der Waals surface area contributed by atoms with E-state index in [2.05, 4.69) is 25.6 Å². The molecule has 2 amide bonds. The lowest BCUT2D eigenvalue weighted by Crippen LogP contribution is -2.34. The highest BCUT2D eigenvalue weighted by Crippen LogP contribution is 2.29. The zero-order valence-electron chi connectivity index (χ0n) is 17.1. The summed E-state index contributed by atoms with van der Waals surface area (Å²) in [7, 11) is 1.59. The van der Waals surface area contributed by atoms with Crippen molar-refractivity contribution < 1.29 is 14.3 Å². The Balaban J connectivity index is 1.45. The zero-order valence-corrected chi connectivity index (χ0v) is 17.1. The van der Waals surface area contributed by atoms with Crippen molar-refractivity contribution in [1.29, 1.82) is 0 Å². The fourth-order valence-corrected chi connectivity index (χ4v) is 3.46. The van der Waals surface area contributed by atoms with Crippen molar-refractivity contribution in [3.63, 3.8) is 0 Å². The molecule has 1 saturated carbocycles. The number of hydrogen-bond donors (Lipinski definition) is 2. The van der Waals surface area contributed by atoms with E-state index in [0.717, 1.165) is 24.8 Å². The second kappa shape index (κ2) is 8.61. The molecule has 1 aromatic rings. The minimum Gasteiger partial charge on any atom is -0.481 e. The Kier molecular flexibility index (Phi) is 5.74. The molecule has 8 heteroatoms. The van der Waals surface area contributed by atoms with Crippen LogP contribution in [0.2, 0.25) is 0 Å². The fourth-order valence-electron chi connectivity index (χ4n) is 3.46. The summed E-state index contributed by atoms with van der Waals surface area (Å²) in [6, 6.07) is 1.70. The van der Waals surface area contributed by atoms with Crippen molar-refractivity contribution >= 4 is 29.2 Å². The third kappa shape index (κ3) is 4.82. The van der Waals surface area contributed by atoms with Gasteiger partial charge in [-0.05, 0) is 50.0 Å². The molecule has 2 aliphatic heterocycles. The molecule has 2 atom stereocenters. The molecule has 1 aliphatic carbocycles. The number of hydrogen-bond acceptors (Lipinski definition) is 6. The van der Waals surface area contributed by atoms with Crippen LogP contribution in [-0.2, 0) is 14.3 Å². The van der Waals surface area contributed by atoms with E-state index in [4.69, 9.17) is 4.74 Å². The molecule has 8 nitrogen and oxygen atoms in total. The molecule has 2 unspecified atom stereocenters. The largest absolute Gasteiger partial charge is 0.481 e. The number of carbonyl (C=O) groups excluding carboxylic acids is 2. The molecule has 0 radical (unpaired) electrons. The summed E-state index contributed by atoms with van der Waals surface area (Å²) in [5.74, 6) is 0.868. The van der Waals surface area contributed by atoms with Crippen LogP contribution < -0.4 is 10.6 Å². The van der Waals surface area contributed by atoms with Crippen molar-refractivity contribution in [2.24, 2.45) is 15.9 Å². The first kappa shape index (κ1) is 20.0. The summed E-state index contributed by atoms with van der Waals surface area (Å²) >= 11 is 0. The standard InChI is InChI=1S/C22H25N5O3/c1-13-8-15(10-19(24-13)27-21(28)14-6-7-14)22(29)25-17-9-16(11-23-12-17)18-4-3-5-20(26-18)30-2/h3,5,9-14,18H,4,6-8H2,1-2H3,(H,25,29)(H,24,27,28). The van der Waals surface area contributed by atoms with Gasteiger partial charge < -0.3 is 15.4 Å². The number of aliphatic imine (C=N–C) groups is 2. The number of aromatic nitrogens is 1. The number of ether oxygens (including phenoxy) is 1. The lowest BCUT2D eigenvalue weighted by molar-refractivity contribution is -0.120. The van der Waals surface area contributed by atoms with E-state index in [1.807, 2.05) is 25.1 Å². The van der Waals surface area contributed by atoms with Gasteiger partial charge in [0.05, 0.1) is 31.1 Å². The number of methoxy groups -OCH3 is 1. The van der Waals surface area contributed by atoms with Crippen molar-refractivity contribution in [1.82, 2.24) is 10.3 Å². The van der Waals surface area contributed by atoms with Crippen LogP contribution >= 0.6 is 0 Å². The van der Waals surface area contributed by atoms with Gasteiger partial charge in [-0.3, -0.25) is 19.6 Å². The van der Waals surface area contributed by atoms with Crippen LogP contribution in [0.4, 0.5) is 5.69 Å². The van der Waals surface area contributed by atoms with Gasteiger partial charge in [0.1, 0.15) is 5.84 Å². The van der Waals surface area contributed by atoms with E-state index in [1.165, 1.54) is 0 Å². The van der Waals surface area contributed by atoms with Gasteiger partial charge in [-0.25, -0.2) is 4.99 Å². The molecule has 30 heavy (non-hydrogen) atoms. The topological polar surface area (TPSA) is 105 Å². The summed E-state index contributed by atoms with van der Waals surface area (Å²) in [6.07, 6.45) is 12.0. The van der Waals surface area contributed by atoms with E-state index in [1.54, 1.807) is 25.6 Å². The Bertz CT molecular complexity index is 975. The van der Waals surface area contributed by atoms with E-state index < -0.39 is 0 Å². The van der Waals surface area contributed by atoms with Crippen molar-refractivity contribution in [2.75, 3.05) is 12.4 Å². The molecule has 4 rings (SSSR count). The van der Waals surface area contributed by atoms with Gasteiger partial charge in [-0.15, -0.1) is 0 Å². The highest BCUT2D eigenvalue weighted by atomic mass is 16.5. The third-order valence-electron chi connectivity index (χ3n) is 5.19. The zero-order chi connectivity index (χ0) is 21.1. The highest BCUT2D eigenvalue weighted by Gasteiger charge is 2.31. The van der Waals surface area contributed by atoms with Gasteiger partial charge in [0, 0.05) is 24.1 Å². The Morgan fingerprint density at radius 2 is 2.00 bits per heavy atom. The molecule has 1 fully saturated rings. The molecule has 156 valence electrons. The number of nitrogens with one attached hydrogen (secondary N) is 2. The van der Waals surface area contributed by atoms with Crippen LogP contribution in [0.15, 0.2) is 52.2 Å². The molecule has 0 aromatic carbocycles. The average molecular weight is 407 g/mol. The maximum atomic E-state index is 12.8. The SMILES string of the molecule is COC1=NC(c2cncc(NC(=O)C3=CC(NC(=O)C4CC4)=NC(C)C3)c2)CC=C1. The van der Waals surface area contributed by atoms with E-state index in [-0.39, 0.29) is 29.8 Å². The van der Waals surface area contributed by atoms with Crippen LogP contribution in [0, 0.1) is 5.92 Å². The Morgan fingerprint density at radius 3 is 2.77 bits per heavy atom. The van der Waals surface area contributed by atoms with E-state index >= 15 is 0 Å². The molecule has 0 spiro atoms. The molecule has 3 heterocycles. The van der Waals surface area contributed by atoms with Crippen LogP contribution in [0.1, 0.15) is 44.2 Å². The molecular formula is C22H25N5O3. The minimum absolute atomic E-state index is 0.0201. The predicted molar refractivity (Wildman–Crippen MR) is 114 cm³/mol. The predicted octanol–water partition coefficient (Wildman–Crippen LogP) is 2.71. The molecule has 3 aliphatic rings. The summed E-state index contributed by atoms with van der Waals surface area (Å²) in [5.41, 5.74) is 2.08. The van der Waals surface area contributed by atoms with Gasteiger partial charge in [0.15, 0.2) is 0 Å². The lowest BCUT2D eigenvalue weighted by Gasteiger charge is -2.19. The number of nitrogens with zero attached hydrogens (tertiary/aromatic N) is 3. The summed E-state index contributed by atoms with van der Waals surface area (Å²) in [4.78, 5) is 38.1. The van der Waals surface area contributed by atoms with Crippen LogP contribution in [-0.4, -0.2) is 41.7 Å². The summed E-state index contributed by atoms with van der Waals surface area (Å²) < 4.78 is 5.21.